The Bertz CT molecular complexity index is 583. The highest BCUT2D eigenvalue weighted by Crippen LogP contribution is 2.32. The van der Waals surface area contributed by atoms with Gasteiger partial charge in [0.2, 0.25) is 11.6 Å². The van der Waals surface area contributed by atoms with Gasteiger partial charge in [-0.05, 0) is 19.1 Å². The van der Waals surface area contributed by atoms with E-state index in [4.69, 9.17) is 4.74 Å². The summed E-state index contributed by atoms with van der Waals surface area (Å²) in [5.74, 6) is -0.749. The monoisotopic (exact) mass is 251 g/mol. The number of aryl methyl sites for hydroxylation is 1. The Labute approximate surface area is 102 Å². The van der Waals surface area contributed by atoms with Crippen LogP contribution in [0.25, 0.3) is 0 Å². The van der Waals surface area contributed by atoms with E-state index in [0.717, 1.165) is 6.07 Å². The second kappa shape index (κ2) is 4.82. The van der Waals surface area contributed by atoms with Crippen LogP contribution in [0.2, 0.25) is 0 Å². The molecule has 1 aromatic heterocycles. The van der Waals surface area contributed by atoms with Crippen LogP contribution in [0.1, 0.15) is 6.92 Å². The first-order chi connectivity index (χ1) is 8.61. The molecule has 94 valence electrons. The zero-order valence-corrected chi connectivity index (χ0v) is 9.54. The van der Waals surface area contributed by atoms with Crippen molar-refractivity contribution in [1.29, 1.82) is 0 Å². The molecule has 18 heavy (non-hydrogen) atoms. The molecule has 0 atom stereocenters. The number of nitro benzene ring substituents is 1. The fourth-order valence-electron chi connectivity index (χ4n) is 1.45. The van der Waals surface area contributed by atoms with Gasteiger partial charge in [-0.1, -0.05) is 6.07 Å². The molecule has 0 saturated heterocycles. The maximum Gasteiger partial charge on any atom is 0.346 e. The van der Waals surface area contributed by atoms with E-state index in [1.54, 1.807) is 10.9 Å². The maximum atomic E-state index is 13.3. The summed E-state index contributed by atoms with van der Waals surface area (Å²) in [5.41, 5.74) is -0.679. The highest BCUT2D eigenvalue weighted by molar-refractivity contribution is 5.48. The van der Waals surface area contributed by atoms with E-state index in [1.807, 2.05) is 6.92 Å². The molecule has 0 aliphatic carbocycles. The summed E-state index contributed by atoms with van der Waals surface area (Å²) >= 11 is 0. The van der Waals surface area contributed by atoms with Gasteiger partial charge in [0.1, 0.15) is 0 Å². The van der Waals surface area contributed by atoms with Gasteiger partial charge in [0.05, 0.1) is 17.3 Å². The third-order valence-corrected chi connectivity index (χ3v) is 2.29. The van der Waals surface area contributed by atoms with Gasteiger partial charge in [0.25, 0.3) is 0 Å². The lowest BCUT2D eigenvalue weighted by Gasteiger charge is -2.03. The predicted octanol–water partition coefficient (Wildman–Crippen LogP) is 2.74. The number of ether oxygens (including phenoxy) is 1. The van der Waals surface area contributed by atoms with Gasteiger partial charge in [-0.25, -0.2) is 0 Å². The van der Waals surface area contributed by atoms with Crippen LogP contribution in [0.3, 0.4) is 0 Å². The van der Waals surface area contributed by atoms with Crippen LogP contribution < -0.4 is 4.74 Å². The summed E-state index contributed by atoms with van der Waals surface area (Å²) in [4.78, 5) is 9.95. The number of nitro groups is 1. The molecule has 0 spiro atoms. The lowest BCUT2D eigenvalue weighted by molar-refractivity contribution is -0.388. The molecule has 0 aliphatic heterocycles. The largest absolute Gasteiger partial charge is 0.447 e. The summed E-state index contributed by atoms with van der Waals surface area (Å²) in [6.07, 6.45) is 2.99. The molecule has 1 heterocycles. The van der Waals surface area contributed by atoms with Gasteiger partial charge in [-0.15, -0.1) is 0 Å². The Morgan fingerprint density at radius 1 is 1.56 bits per heavy atom. The summed E-state index contributed by atoms with van der Waals surface area (Å²) in [6, 6.07) is 3.70. The van der Waals surface area contributed by atoms with E-state index in [1.165, 1.54) is 18.3 Å². The topological polar surface area (TPSA) is 70.2 Å². The van der Waals surface area contributed by atoms with Crippen LogP contribution in [0, 0.1) is 15.9 Å². The van der Waals surface area contributed by atoms with Gasteiger partial charge in [0, 0.05) is 6.54 Å². The SMILES string of the molecule is CCn1cc(Oc2cccc(F)c2[N+](=O)[O-])cn1. The van der Waals surface area contributed by atoms with E-state index < -0.39 is 16.4 Å². The first-order valence-corrected chi connectivity index (χ1v) is 5.25. The van der Waals surface area contributed by atoms with Gasteiger partial charge < -0.3 is 4.74 Å². The Hall–Kier alpha value is -2.44. The molecule has 6 nitrogen and oxygen atoms in total. The van der Waals surface area contributed by atoms with Gasteiger partial charge in [-0.3, -0.25) is 14.8 Å². The first kappa shape index (κ1) is 12.0. The number of hydrogen-bond acceptors (Lipinski definition) is 4. The Kier molecular flexibility index (Phi) is 3.22. The number of para-hydroxylation sites is 1. The second-order valence-corrected chi connectivity index (χ2v) is 3.48. The van der Waals surface area contributed by atoms with Crippen molar-refractivity contribution in [3.63, 3.8) is 0 Å². The molecule has 0 radical (unpaired) electrons. The molecule has 0 bridgehead atoms. The zero-order chi connectivity index (χ0) is 13.1. The van der Waals surface area contributed by atoms with E-state index in [0.29, 0.717) is 12.3 Å². The van der Waals surface area contributed by atoms with Gasteiger partial charge in [0.15, 0.2) is 5.75 Å². The van der Waals surface area contributed by atoms with Crippen LogP contribution in [-0.2, 0) is 6.54 Å². The predicted molar refractivity (Wildman–Crippen MR) is 61.0 cm³/mol. The minimum Gasteiger partial charge on any atom is -0.447 e. The van der Waals surface area contributed by atoms with Crippen LogP contribution in [0.5, 0.6) is 11.5 Å². The van der Waals surface area contributed by atoms with Crippen molar-refractivity contribution in [1.82, 2.24) is 9.78 Å². The molecule has 2 rings (SSSR count). The normalized spacial score (nSPS) is 10.3. The number of benzene rings is 1. The fraction of sp³-hybridized carbons (Fsp3) is 0.182. The Balaban J connectivity index is 2.34. The lowest BCUT2D eigenvalue weighted by Crippen LogP contribution is -1.96. The summed E-state index contributed by atoms with van der Waals surface area (Å²) in [7, 11) is 0. The molecule has 7 heteroatoms. The highest BCUT2D eigenvalue weighted by atomic mass is 19.1. The third kappa shape index (κ3) is 2.29. The Morgan fingerprint density at radius 2 is 2.33 bits per heavy atom. The standard InChI is InChI=1S/C11H10FN3O3/c1-2-14-7-8(6-13-14)18-10-5-3-4-9(12)11(10)15(16)17/h3-7H,2H2,1H3. The fourth-order valence-corrected chi connectivity index (χ4v) is 1.45. The van der Waals surface area contributed by atoms with Crippen LogP contribution in [0.4, 0.5) is 10.1 Å². The van der Waals surface area contributed by atoms with Crippen molar-refractivity contribution in [3.05, 3.63) is 46.5 Å². The van der Waals surface area contributed by atoms with Gasteiger partial charge in [-0.2, -0.15) is 9.49 Å². The van der Waals surface area contributed by atoms with E-state index in [9.17, 15) is 14.5 Å². The second-order valence-electron chi connectivity index (χ2n) is 3.48. The van der Waals surface area contributed by atoms with E-state index in [2.05, 4.69) is 5.10 Å². The molecular formula is C11H10FN3O3. The molecule has 0 N–H and O–H groups in total. The molecule has 2 aromatic rings. The minimum absolute atomic E-state index is 0.143. The van der Waals surface area contributed by atoms with Crippen molar-refractivity contribution < 1.29 is 14.1 Å². The first-order valence-electron chi connectivity index (χ1n) is 5.25. The molecule has 1 aromatic carbocycles. The number of aromatic nitrogens is 2. The summed E-state index contributed by atoms with van der Waals surface area (Å²) < 4.78 is 20.2. The molecule has 0 fully saturated rings. The van der Waals surface area contributed by atoms with E-state index in [-0.39, 0.29) is 5.75 Å². The van der Waals surface area contributed by atoms with Crippen molar-refractivity contribution in [2.24, 2.45) is 0 Å². The smallest absolute Gasteiger partial charge is 0.346 e. The number of nitrogens with zero attached hydrogens (tertiary/aromatic N) is 3. The summed E-state index contributed by atoms with van der Waals surface area (Å²) in [5, 5.41) is 14.7. The van der Waals surface area contributed by atoms with Crippen molar-refractivity contribution >= 4 is 5.69 Å². The van der Waals surface area contributed by atoms with Crippen molar-refractivity contribution in [3.8, 4) is 11.5 Å². The molecular weight excluding hydrogens is 241 g/mol. The molecule has 0 unspecified atom stereocenters. The van der Waals surface area contributed by atoms with Crippen LogP contribution >= 0.6 is 0 Å². The average Bonchev–Trinajstić information content (AvgIpc) is 2.76. The quantitative estimate of drug-likeness (QED) is 0.618. The third-order valence-electron chi connectivity index (χ3n) is 2.29. The van der Waals surface area contributed by atoms with Crippen molar-refractivity contribution in [2.45, 2.75) is 13.5 Å². The van der Waals surface area contributed by atoms with Crippen molar-refractivity contribution in [2.75, 3.05) is 0 Å². The van der Waals surface area contributed by atoms with Gasteiger partial charge >= 0.3 is 5.69 Å². The maximum absolute atomic E-state index is 13.3. The highest BCUT2D eigenvalue weighted by Gasteiger charge is 2.21. The van der Waals surface area contributed by atoms with Crippen LogP contribution in [0.15, 0.2) is 30.6 Å². The number of hydrogen-bond donors (Lipinski definition) is 0. The minimum atomic E-state index is -0.930. The number of halogens is 1. The van der Waals surface area contributed by atoms with Crippen LogP contribution in [-0.4, -0.2) is 14.7 Å². The molecule has 0 amide bonds. The lowest BCUT2D eigenvalue weighted by atomic mass is 10.3. The molecule has 0 aliphatic rings. The summed E-state index contributed by atoms with van der Waals surface area (Å²) in [6.45, 7) is 2.54. The average molecular weight is 251 g/mol. The van der Waals surface area contributed by atoms with E-state index >= 15 is 0 Å². The Morgan fingerprint density at radius 3 is 2.94 bits per heavy atom. The number of rotatable bonds is 4. The molecule has 0 saturated carbocycles. The zero-order valence-electron chi connectivity index (χ0n) is 9.54.